The first-order valence-corrected chi connectivity index (χ1v) is 9.31. The van der Waals surface area contributed by atoms with Gasteiger partial charge in [-0.2, -0.15) is 0 Å². The number of carboxylic acid groups (broad SMARTS) is 1. The maximum absolute atomic E-state index is 10.5. The van der Waals surface area contributed by atoms with E-state index in [0.29, 0.717) is 17.9 Å². The molecule has 0 aliphatic carbocycles. The van der Waals surface area contributed by atoms with Gasteiger partial charge in [0, 0.05) is 10.6 Å². The van der Waals surface area contributed by atoms with Crippen LogP contribution in [-0.2, 0) is 11.2 Å². The molecule has 0 saturated carbocycles. The van der Waals surface area contributed by atoms with Gasteiger partial charge in [-0.05, 0) is 43.9 Å². The van der Waals surface area contributed by atoms with E-state index < -0.39 is 11.3 Å². The first-order chi connectivity index (χ1) is 12.0. The largest absolute Gasteiger partial charge is 0.549 e. The minimum absolute atomic E-state index is 0.356. The fourth-order valence-corrected chi connectivity index (χ4v) is 2.60. The molecule has 0 fully saturated rings. The van der Waals surface area contributed by atoms with Crippen LogP contribution < -0.4 is 10.4 Å². The fraction of sp³-hybridized carbons (Fsp3) is 0.350. The molecular formula is C20H25Cl2NO2. The quantitative estimate of drug-likeness (QED) is 0.749. The number of carboxylic acids is 1. The molecule has 3 nitrogen and oxygen atoms in total. The van der Waals surface area contributed by atoms with Crippen LogP contribution in [0.3, 0.4) is 0 Å². The van der Waals surface area contributed by atoms with Crippen LogP contribution >= 0.6 is 23.2 Å². The standard InChI is InChI=1S/C16H14Cl2O2.C4H11N/c17-14-4-2-1-3-13(14)12-8-5-11(6-9-12)7-10-15(18)16(19)20;1-3-5-4-2/h1-6,8-9,15H,7,10H2,(H,19,20);5H,3-4H2,1-2H3. The minimum atomic E-state index is -1.22. The second-order valence-electron chi connectivity index (χ2n) is 5.61. The third-order valence-corrected chi connectivity index (χ3v) is 4.38. The molecule has 0 saturated heterocycles. The molecule has 0 aliphatic heterocycles. The summed E-state index contributed by atoms with van der Waals surface area (Å²) in [6.45, 7) is 6.75. The molecule has 2 aromatic rings. The summed E-state index contributed by atoms with van der Waals surface area (Å²) in [5, 5.41) is 12.5. The number of alkyl halides is 1. The van der Waals surface area contributed by atoms with Crippen LogP contribution in [0.4, 0.5) is 0 Å². The van der Waals surface area contributed by atoms with Crippen molar-refractivity contribution in [3.05, 3.63) is 59.1 Å². The lowest BCUT2D eigenvalue weighted by Crippen LogP contribution is -2.82. The predicted octanol–water partition coefficient (Wildman–Crippen LogP) is 2.89. The zero-order chi connectivity index (χ0) is 18.7. The van der Waals surface area contributed by atoms with Gasteiger partial charge >= 0.3 is 0 Å². The summed E-state index contributed by atoms with van der Waals surface area (Å²) in [6.07, 6.45) is 0.959. The molecule has 0 aliphatic rings. The third-order valence-electron chi connectivity index (χ3n) is 3.66. The van der Waals surface area contributed by atoms with E-state index in [2.05, 4.69) is 19.2 Å². The molecule has 2 N–H and O–H groups in total. The Morgan fingerprint density at radius 3 is 2.16 bits per heavy atom. The molecule has 0 aromatic heterocycles. The average molecular weight is 382 g/mol. The Bertz CT molecular complexity index is 642. The Kier molecular flexibility index (Phi) is 10.2. The normalized spacial score (nSPS) is 11.4. The van der Waals surface area contributed by atoms with Gasteiger partial charge in [-0.3, -0.25) is 0 Å². The van der Waals surface area contributed by atoms with E-state index >= 15 is 0 Å². The van der Waals surface area contributed by atoms with E-state index in [1.807, 2.05) is 48.5 Å². The molecule has 2 rings (SSSR count). The highest BCUT2D eigenvalue weighted by Crippen LogP contribution is 2.27. The Labute approximate surface area is 160 Å². The van der Waals surface area contributed by atoms with Gasteiger partial charge < -0.3 is 15.2 Å². The van der Waals surface area contributed by atoms with E-state index in [4.69, 9.17) is 23.2 Å². The Balaban J connectivity index is 0.000000550. The summed E-state index contributed by atoms with van der Waals surface area (Å²) in [6, 6.07) is 15.5. The number of aryl methyl sites for hydroxylation is 1. The first-order valence-electron chi connectivity index (χ1n) is 8.50. The summed E-state index contributed by atoms with van der Waals surface area (Å²) < 4.78 is 0. The van der Waals surface area contributed by atoms with E-state index in [-0.39, 0.29) is 0 Å². The van der Waals surface area contributed by atoms with E-state index in [9.17, 15) is 9.90 Å². The Morgan fingerprint density at radius 2 is 1.68 bits per heavy atom. The lowest BCUT2D eigenvalue weighted by Gasteiger charge is -2.10. The molecule has 0 amide bonds. The van der Waals surface area contributed by atoms with Crippen molar-refractivity contribution < 1.29 is 15.2 Å². The van der Waals surface area contributed by atoms with Crippen LogP contribution in [-0.4, -0.2) is 24.4 Å². The molecule has 1 unspecified atom stereocenters. The van der Waals surface area contributed by atoms with E-state index in [1.165, 1.54) is 13.1 Å². The molecule has 1 atom stereocenters. The van der Waals surface area contributed by atoms with Crippen molar-refractivity contribution >= 4 is 29.2 Å². The van der Waals surface area contributed by atoms with Crippen molar-refractivity contribution in [2.24, 2.45) is 0 Å². The molecule has 136 valence electrons. The average Bonchev–Trinajstić information content (AvgIpc) is 2.62. The lowest BCUT2D eigenvalue weighted by molar-refractivity contribution is -0.648. The number of halogens is 2. The Hall–Kier alpha value is -1.55. The predicted molar refractivity (Wildman–Crippen MR) is 103 cm³/mol. The zero-order valence-electron chi connectivity index (χ0n) is 14.7. The molecule has 2 aromatic carbocycles. The molecule has 25 heavy (non-hydrogen) atoms. The van der Waals surface area contributed by atoms with Crippen molar-refractivity contribution in [2.75, 3.05) is 13.1 Å². The van der Waals surface area contributed by atoms with Crippen molar-refractivity contribution in [2.45, 2.75) is 32.1 Å². The van der Waals surface area contributed by atoms with Crippen LogP contribution in [0.15, 0.2) is 48.5 Å². The number of aliphatic carboxylic acids is 1. The first kappa shape index (κ1) is 21.5. The summed E-state index contributed by atoms with van der Waals surface area (Å²) in [4.78, 5) is 10.5. The number of carbonyl (C=O) groups is 1. The summed E-state index contributed by atoms with van der Waals surface area (Å²) in [5.41, 5.74) is 3.04. The molecule has 0 bridgehead atoms. The van der Waals surface area contributed by atoms with Gasteiger partial charge in [0.05, 0.1) is 24.4 Å². The van der Waals surface area contributed by atoms with Gasteiger partial charge in [-0.15, -0.1) is 11.6 Å². The van der Waals surface area contributed by atoms with Gasteiger partial charge in [0.15, 0.2) is 0 Å². The lowest BCUT2D eigenvalue weighted by atomic mass is 10.0. The van der Waals surface area contributed by atoms with Crippen molar-refractivity contribution in [3.63, 3.8) is 0 Å². The topological polar surface area (TPSA) is 56.7 Å². The van der Waals surface area contributed by atoms with Crippen molar-refractivity contribution in [1.29, 1.82) is 0 Å². The van der Waals surface area contributed by atoms with Gasteiger partial charge in [0.2, 0.25) is 0 Å². The molecule has 0 heterocycles. The fourth-order valence-electron chi connectivity index (χ4n) is 2.25. The van der Waals surface area contributed by atoms with Crippen molar-refractivity contribution in [3.8, 4) is 11.1 Å². The second-order valence-corrected chi connectivity index (χ2v) is 6.54. The molecule has 0 spiro atoms. The number of carbonyl (C=O) groups excluding carboxylic acids is 1. The number of hydrogen-bond acceptors (Lipinski definition) is 2. The number of quaternary nitrogens is 1. The van der Waals surface area contributed by atoms with Crippen LogP contribution in [0.5, 0.6) is 0 Å². The number of nitrogens with two attached hydrogens (primary N) is 1. The summed E-state index contributed by atoms with van der Waals surface area (Å²) in [5.74, 6) is -1.22. The molecular weight excluding hydrogens is 357 g/mol. The highest BCUT2D eigenvalue weighted by molar-refractivity contribution is 6.33. The van der Waals surface area contributed by atoms with Crippen LogP contribution in [0, 0.1) is 0 Å². The van der Waals surface area contributed by atoms with E-state index in [0.717, 1.165) is 16.7 Å². The number of hydrogen-bond donors (Lipinski definition) is 1. The number of benzene rings is 2. The van der Waals surface area contributed by atoms with Crippen molar-refractivity contribution in [1.82, 2.24) is 0 Å². The smallest absolute Gasteiger partial charge is 0.0733 e. The third kappa shape index (κ3) is 7.91. The Morgan fingerprint density at radius 1 is 1.08 bits per heavy atom. The summed E-state index contributed by atoms with van der Waals surface area (Å²) >= 11 is 11.8. The van der Waals surface area contributed by atoms with Crippen LogP contribution in [0.25, 0.3) is 11.1 Å². The van der Waals surface area contributed by atoms with E-state index in [1.54, 1.807) is 0 Å². The molecule has 5 heteroatoms. The highest BCUT2D eigenvalue weighted by atomic mass is 35.5. The maximum atomic E-state index is 10.5. The van der Waals surface area contributed by atoms with Gasteiger partial charge in [-0.1, -0.05) is 54.1 Å². The van der Waals surface area contributed by atoms with Crippen LogP contribution in [0.2, 0.25) is 5.02 Å². The van der Waals surface area contributed by atoms with Crippen LogP contribution in [0.1, 0.15) is 25.8 Å². The van der Waals surface area contributed by atoms with Gasteiger partial charge in [-0.25, -0.2) is 0 Å². The summed E-state index contributed by atoms with van der Waals surface area (Å²) in [7, 11) is 0. The maximum Gasteiger partial charge on any atom is 0.0733 e. The monoisotopic (exact) mass is 381 g/mol. The van der Waals surface area contributed by atoms with Gasteiger partial charge in [0.1, 0.15) is 0 Å². The molecule has 0 radical (unpaired) electrons. The highest BCUT2D eigenvalue weighted by Gasteiger charge is 2.06. The SMILES string of the molecule is CC[NH2+]CC.O=C([O-])C(Cl)CCc1ccc(-c2ccccc2Cl)cc1. The second kappa shape index (κ2) is 11.9. The van der Waals surface area contributed by atoms with Gasteiger partial charge in [0.25, 0.3) is 0 Å². The number of rotatable bonds is 7. The minimum Gasteiger partial charge on any atom is -0.549 e. The zero-order valence-corrected chi connectivity index (χ0v) is 16.2.